The van der Waals surface area contributed by atoms with Gasteiger partial charge in [0.1, 0.15) is 6.04 Å². The second-order valence-corrected chi connectivity index (χ2v) is 7.67. The van der Waals surface area contributed by atoms with Gasteiger partial charge >= 0.3 is 0 Å². The van der Waals surface area contributed by atoms with Gasteiger partial charge in [-0.2, -0.15) is 0 Å². The van der Waals surface area contributed by atoms with Gasteiger partial charge in [-0.3, -0.25) is 9.69 Å². The number of carbonyl (C=O) groups excluding carboxylic acids is 1. The minimum absolute atomic E-state index is 0.00323. The fourth-order valence-electron chi connectivity index (χ4n) is 3.21. The molecule has 2 rings (SSSR count). The molecule has 2 saturated heterocycles. The van der Waals surface area contributed by atoms with Crippen molar-refractivity contribution >= 4 is 5.91 Å². The molecule has 110 valence electrons. The number of fused-ring (bicyclic) bond motifs is 1. The van der Waals surface area contributed by atoms with Crippen LogP contribution in [-0.4, -0.2) is 58.6 Å². The van der Waals surface area contributed by atoms with Crippen LogP contribution in [0.4, 0.5) is 0 Å². The predicted molar refractivity (Wildman–Crippen MR) is 76.1 cm³/mol. The van der Waals surface area contributed by atoms with Crippen molar-refractivity contribution in [1.82, 2.24) is 9.80 Å². The minimum atomic E-state index is -0.110. The molecule has 4 heteroatoms. The first-order valence-corrected chi connectivity index (χ1v) is 7.32. The van der Waals surface area contributed by atoms with E-state index in [-0.39, 0.29) is 29.1 Å². The Balaban J connectivity index is 2.27. The highest BCUT2D eigenvalue weighted by atomic mass is 16.5. The molecule has 0 saturated carbocycles. The van der Waals surface area contributed by atoms with E-state index < -0.39 is 0 Å². The first kappa shape index (κ1) is 14.8. The number of morpholine rings is 1. The molecule has 2 atom stereocenters. The van der Waals surface area contributed by atoms with Crippen LogP contribution < -0.4 is 0 Å². The number of hydrogen-bond donors (Lipinski definition) is 0. The zero-order valence-corrected chi connectivity index (χ0v) is 13.2. The third-order valence-electron chi connectivity index (χ3n) is 4.18. The van der Waals surface area contributed by atoms with Gasteiger partial charge in [0, 0.05) is 24.2 Å². The van der Waals surface area contributed by atoms with Gasteiger partial charge in [0.15, 0.2) is 0 Å². The Labute approximate surface area is 117 Å². The maximum Gasteiger partial charge on any atom is 0.243 e. The number of nitrogens with zero attached hydrogens (tertiary/aromatic N) is 2. The Kier molecular flexibility index (Phi) is 3.69. The van der Waals surface area contributed by atoms with Crippen molar-refractivity contribution in [3.05, 3.63) is 0 Å². The largest absolute Gasteiger partial charge is 0.375 e. The standard InChI is InChI=1S/C15H28N2O2/c1-14(2,3)16-9-10-19-11-7-8-17(15(4,5)6)13(18)12(11)16/h11-12H,7-10H2,1-6H3. The summed E-state index contributed by atoms with van der Waals surface area (Å²) >= 11 is 0. The van der Waals surface area contributed by atoms with Gasteiger partial charge in [-0.05, 0) is 48.0 Å². The first-order valence-electron chi connectivity index (χ1n) is 7.32. The van der Waals surface area contributed by atoms with Crippen molar-refractivity contribution in [2.75, 3.05) is 19.7 Å². The van der Waals surface area contributed by atoms with E-state index in [1.807, 2.05) is 4.90 Å². The number of piperidine rings is 1. The summed E-state index contributed by atoms with van der Waals surface area (Å²) < 4.78 is 5.85. The van der Waals surface area contributed by atoms with Crippen LogP contribution >= 0.6 is 0 Å². The van der Waals surface area contributed by atoms with E-state index in [4.69, 9.17) is 4.74 Å². The van der Waals surface area contributed by atoms with Crippen LogP contribution in [0.2, 0.25) is 0 Å². The zero-order chi connectivity index (χ0) is 14.4. The molecule has 0 radical (unpaired) electrons. The van der Waals surface area contributed by atoms with Crippen LogP contribution in [0.15, 0.2) is 0 Å². The lowest BCUT2D eigenvalue weighted by Crippen LogP contribution is -2.68. The molecule has 1 amide bonds. The van der Waals surface area contributed by atoms with Crippen LogP contribution in [0, 0.1) is 0 Å². The summed E-state index contributed by atoms with van der Waals surface area (Å²) in [4.78, 5) is 17.2. The molecule has 4 nitrogen and oxygen atoms in total. The Morgan fingerprint density at radius 2 is 1.68 bits per heavy atom. The molecule has 0 N–H and O–H groups in total. The second kappa shape index (κ2) is 4.74. The molecule has 2 aliphatic heterocycles. The molecule has 2 unspecified atom stereocenters. The minimum Gasteiger partial charge on any atom is -0.375 e. The first-order chi connectivity index (χ1) is 8.62. The van der Waals surface area contributed by atoms with Crippen molar-refractivity contribution in [3.63, 3.8) is 0 Å². The molecule has 19 heavy (non-hydrogen) atoms. The van der Waals surface area contributed by atoms with E-state index in [0.717, 1.165) is 26.1 Å². The Morgan fingerprint density at radius 3 is 2.21 bits per heavy atom. The highest BCUT2D eigenvalue weighted by Crippen LogP contribution is 2.32. The van der Waals surface area contributed by atoms with Crippen LogP contribution in [0.25, 0.3) is 0 Å². The number of likely N-dealkylation sites (tertiary alicyclic amines) is 1. The van der Waals surface area contributed by atoms with Gasteiger partial charge in [0.25, 0.3) is 0 Å². The van der Waals surface area contributed by atoms with Gasteiger partial charge < -0.3 is 9.64 Å². The van der Waals surface area contributed by atoms with Crippen LogP contribution in [0.3, 0.4) is 0 Å². The van der Waals surface area contributed by atoms with Gasteiger partial charge in [0.05, 0.1) is 12.7 Å². The third-order valence-corrected chi connectivity index (χ3v) is 4.18. The second-order valence-electron chi connectivity index (χ2n) is 7.67. The molecule has 2 heterocycles. The van der Waals surface area contributed by atoms with Crippen LogP contribution in [0.5, 0.6) is 0 Å². The third kappa shape index (κ3) is 2.79. The lowest BCUT2D eigenvalue weighted by Gasteiger charge is -2.53. The maximum atomic E-state index is 12.9. The quantitative estimate of drug-likeness (QED) is 0.672. The molecule has 0 aliphatic carbocycles. The monoisotopic (exact) mass is 268 g/mol. The van der Waals surface area contributed by atoms with Crippen molar-refractivity contribution in [2.45, 2.75) is 71.2 Å². The molecular weight excluding hydrogens is 240 g/mol. The van der Waals surface area contributed by atoms with E-state index in [1.54, 1.807) is 0 Å². The molecule has 0 bridgehead atoms. The molecule has 0 aromatic carbocycles. The Bertz CT molecular complexity index is 354. The van der Waals surface area contributed by atoms with E-state index in [9.17, 15) is 4.79 Å². The molecule has 0 aromatic rings. The van der Waals surface area contributed by atoms with Crippen molar-refractivity contribution < 1.29 is 9.53 Å². The lowest BCUT2D eigenvalue weighted by molar-refractivity contribution is -0.173. The van der Waals surface area contributed by atoms with E-state index >= 15 is 0 Å². The molecule has 2 fully saturated rings. The summed E-state index contributed by atoms with van der Waals surface area (Å²) in [5.74, 6) is 0.235. The predicted octanol–water partition coefficient (Wildman–Crippen LogP) is 1.89. The Morgan fingerprint density at radius 1 is 1.05 bits per heavy atom. The number of rotatable bonds is 0. The normalized spacial score (nSPS) is 30.4. The number of amides is 1. The van der Waals surface area contributed by atoms with Crippen LogP contribution in [0.1, 0.15) is 48.0 Å². The highest BCUT2D eigenvalue weighted by molar-refractivity contribution is 5.84. The fraction of sp³-hybridized carbons (Fsp3) is 0.933. The summed E-state index contributed by atoms with van der Waals surface area (Å²) in [7, 11) is 0. The average molecular weight is 268 g/mol. The van der Waals surface area contributed by atoms with Crippen molar-refractivity contribution in [2.24, 2.45) is 0 Å². The fourth-order valence-corrected chi connectivity index (χ4v) is 3.21. The summed E-state index contributed by atoms with van der Waals surface area (Å²) in [6.45, 7) is 15.2. The SMILES string of the molecule is CC(C)(C)N1CCC2OCCN(C(C)(C)C)C2C1=O. The van der Waals surface area contributed by atoms with Gasteiger partial charge in [-0.1, -0.05) is 0 Å². The topological polar surface area (TPSA) is 32.8 Å². The maximum absolute atomic E-state index is 12.9. The highest BCUT2D eigenvalue weighted by Gasteiger charge is 2.48. The zero-order valence-electron chi connectivity index (χ0n) is 13.2. The van der Waals surface area contributed by atoms with E-state index in [0.29, 0.717) is 0 Å². The lowest BCUT2D eigenvalue weighted by atomic mass is 9.90. The van der Waals surface area contributed by atoms with Crippen molar-refractivity contribution in [3.8, 4) is 0 Å². The molecule has 0 spiro atoms. The van der Waals surface area contributed by atoms with E-state index in [1.165, 1.54) is 0 Å². The molecule has 2 aliphatic rings. The summed E-state index contributed by atoms with van der Waals surface area (Å²) in [6.07, 6.45) is 1.01. The summed E-state index contributed by atoms with van der Waals surface area (Å²) in [5.41, 5.74) is -0.105. The van der Waals surface area contributed by atoms with Crippen molar-refractivity contribution in [1.29, 1.82) is 0 Å². The van der Waals surface area contributed by atoms with Gasteiger partial charge in [-0.15, -0.1) is 0 Å². The van der Waals surface area contributed by atoms with Gasteiger partial charge in [-0.25, -0.2) is 0 Å². The summed E-state index contributed by atoms with van der Waals surface area (Å²) in [5, 5.41) is 0. The summed E-state index contributed by atoms with van der Waals surface area (Å²) in [6, 6.07) is -0.110. The molecule has 0 aromatic heterocycles. The average Bonchev–Trinajstić information content (AvgIpc) is 2.25. The number of carbonyl (C=O) groups is 1. The van der Waals surface area contributed by atoms with E-state index in [2.05, 4.69) is 46.4 Å². The Hall–Kier alpha value is -0.610. The number of hydrogen-bond acceptors (Lipinski definition) is 3. The number of ether oxygens (including phenoxy) is 1. The smallest absolute Gasteiger partial charge is 0.243 e. The van der Waals surface area contributed by atoms with Crippen LogP contribution in [-0.2, 0) is 9.53 Å². The van der Waals surface area contributed by atoms with Gasteiger partial charge in [0.2, 0.25) is 5.91 Å². The molecular formula is C15H28N2O2.